The van der Waals surface area contributed by atoms with E-state index in [0.717, 1.165) is 16.9 Å². The Morgan fingerprint density at radius 1 is 1.05 bits per heavy atom. The zero-order valence-electron chi connectivity index (χ0n) is 11.9. The van der Waals surface area contributed by atoms with E-state index in [2.05, 4.69) is 37.8 Å². The molecule has 19 heavy (non-hydrogen) atoms. The number of methoxy groups -OCH3 is 1. The molecular weight excluding hydrogens is 240 g/mol. The quantitative estimate of drug-likeness (QED) is 0.787. The normalized spacial score (nSPS) is 17.8. The van der Waals surface area contributed by atoms with Gasteiger partial charge in [-0.3, -0.25) is 0 Å². The van der Waals surface area contributed by atoms with Gasteiger partial charge >= 0.3 is 0 Å². The highest BCUT2D eigenvalue weighted by molar-refractivity contribution is 5.91. The molecule has 1 aliphatic heterocycles. The number of nitrogens with zero attached hydrogens (tertiary/aromatic N) is 3. The van der Waals surface area contributed by atoms with Crippen molar-refractivity contribution in [1.82, 2.24) is 9.66 Å². The summed E-state index contributed by atoms with van der Waals surface area (Å²) in [6.07, 6.45) is 0. The summed E-state index contributed by atoms with van der Waals surface area (Å²) in [5.41, 5.74) is 13.1. The van der Waals surface area contributed by atoms with Crippen molar-refractivity contribution >= 4 is 16.9 Å². The van der Waals surface area contributed by atoms with Crippen LogP contribution in [0.2, 0.25) is 0 Å². The van der Waals surface area contributed by atoms with Gasteiger partial charge < -0.3 is 10.5 Å². The number of hydrogen-bond donors (Lipinski definition) is 1. The molecule has 0 aliphatic carbocycles. The van der Waals surface area contributed by atoms with Crippen LogP contribution in [0.25, 0.3) is 11.0 Å². The van der Waals surface area contributed by atoms with E-state index in [1.165, 1.54) is 22.3 Å². The maximum Gasteiger partial charge on any atom is 0.231 e. The molecular formula is C14H18N4O. The summed E-state index contributed by atoms with van der Waals surface area (Å²) < 4.78 is 7.03. The highest BCUT2D eigenvalue weighted by Gasteiger charge is 2.30. The number of hydrogen-bond acceptors (Lipinski definition) is 4. The van der Waals surface area contributed by atoms with E-state index < -0.39 is 0 Å². The van der Waals surface area contributed by atoms with Crippen LogP contribution >= 0.6 is 0 Å². The Morgan fingerprint density at radius 3 is 2.32 bits per heavy atom. The van der Waals surface area contributed by atoms with Crippen molar-refractivity contribution < 1.29 is 4.74 Å². The third-order valence-corrected chi connectivity index (χ3v) is 4.23. The van der Waals surface area contributed by atoms with Gasteiger partial charge in [-0.05, 0) is 49.9 Å². The molecule has 2 N–H and O–H groups in total. The highest BCUT2D eigenvalue weighted by atomic mass is 16.5. The number of nitrogens with two attached hydrogens (primary N) is 1. The molecule has 1 unspecified atom stereocenters. The van der Waals surface area contributed by atoms with Gasteiger partial charge in [0, 0.05) is 0 Å². The first-order chi connectivity index (χ1) is 8.97. The Bertz CT molecular complexity index is 727. The molecule has 0 spiro atoms. The minimum Gasteiger partial charge on any atom is -0.482 e. The predicted molar refractivity (Wildman–Crippen MR) is 75.5 cm³/mol. The molecule has 0 saturated carbocycles. The summed E-state index contributed by atoms with van der Waals surface area (Å²) in [5.74, 6) is 1.27. The number of imidazole rings is 1. The van der Waals surface area contributed by atoms with Crippen LogP contribution in [0.1, 0.15) is 34.1 Å². The first-order valence-corrected chi connectivity index (χ1v) is 6.34. The molecule has 100 valence electrons. The average Bonchev–Trinajstić information content (AvgIpc) is 2.91. The van der Waals surface area contributed by atoms with E-state index in [4.69, 9.17) is 10.5 Å². The van der Waals surface area contributed by atoms with Gasteiger partial charge in [-0.1, -0.05) is 0 Å². The van der Waals surface area contributed by atoms with Crippen LogP contribution in [0.3, 0.4) is 0 Å². The maximum absolute atomic E-state index is 6.10. The molecule has 0 fully saturated rings. The standard InChI is InChI=1S/C14H18N4O/c1-6-7(2)9(4)12-11(8(6)3)16-13-10(15)14(19-5)17-18(12)13/h10H,15H2,1-5H3. The largest absolute Gasteiger partial charge is 0.482 e. The number of fused-ring (bicyclic) bond motifs is 3. The summed E-state index contributed by atoms with van der Waals surface area (Å²) in [5, 5.41) is 4.44. The zero-order chi connectivity index (χ0) is 13.9. The molecule has 2 heterocycles. The fourth-order valence-corrected chi connectivity index (χ4v) is 2.69. The van der Waals surface area contributed by atoms with Gasteiger partial charge in [-0.25, -0.2) is 9.66 Å². The van der Waals surface area contributed by atoms with Crippen LogP contribution in [0, 0.1) is 27.7 Å². The Kier molecular flexibility index (Phi) is 2.44. The number of benzene rings is 1. The van der Waals surface area contributed by atoms with E-state index in [-0.39, 0.29) is 6.04 Å². The summed E-state index contributed by atoms with van der Waals surface area (Å²) in [4.78, 5) is 4.68. The molecule has 1 aliphatic rings. The molecule has 2 aromatic rings. The second-order valence-electron chi connectivity index (χ2n) is 5.10. The van der Waals surface area contributed by atoms with E-state index in [0.29, 0.717) is 5.90 Å². The van der Waals surface area contributed by atoms with Crippen molar-refractivity contribution in [2.75, 3.05) is 7.11 Å². The lowest BCUT2D eigenvalue weighted by Crippen LogP contribution is -2.20. The fourth-order valence-electron chi connectivity index (χ4n) is 2.69. The van der Waals surface area contributed by atoms with Crippen LogP contribution in [0.5, 0.6) is 0 Å². The van der Waals surface area contributed by atoms with Gasteiger partial charge in [0.1, 0.15) is 6.04 Å². The lowest BCUT2D eigenvalue weighted by Gasteiger charge is -2.10. The summed E-state index contributed by atoms with van der Waals surface area (Å²) >= 11 is 0. The highest BCUT2D eigenvalue weighted by Crippen LogP contribution is 2.33. The van der Waals surface area contributed by atoms with E-state index in [9.17, 15) is 0 Å². The molecule has 0 saturated heterocycles. The predicted octanol–water partition coefficient (Wildman–Crippen LogP) is 2.09. The van der Waals surface area contributed by atoms with Gasteiger partial charge in [0.05, 0.1) is 18.1 Å². The maximum atomic E-state index is 6.10. The Balaban J connectivity index is 2.44. The average molecular weight is 258 g/mol. The van der Waals surface area contributed by atoms with E-state index in [1.54, 1.807) is 7.11 Å². The Labute approximate surface area is 112 Å². The monoisotopic (exact) mass is 258 g/mol. The van der Waals surface area contributed by atoms with Gasteiger partial charge in [0.2, 0.25) is 5.90 Å². The Morgan fingerprint density at radius 2 is 1.68 bits per heavy atom. The molecule has 0 bridgehead atoms. The van der Waals surface area contributed by atoms with Crippen LogP contribution in [0.4, 0.5) is 0 Å². The minimum atomic E-state index is -0.378. The number of ether oxygens (including phenoxy) is 1. The van der Waals surface area contributed by atoms with Gasteiger partial charge in [-0.2, -0.15) is 0 Å². The number of aryl methyl sites for hydroxylation is 2. The second-order valence-corrected chi connectivity index (χ2v) is 5.10. The molecule has 1 aromatic heterocycles. The Hall–Kier alpha value is -1.88. The molecule has 5 nitrogen and oxygen atoms in total. The molecule has 3 rings (SSSR count). The van der Waals surface area contributed by atoms with Gasteiger partial charge in [0.25, 0.3) is 0 Å². The van der Waals surface area contributed by atoms with Gasteiger partial charge in [-0.15, -0.1) is 5.10 Å². The summed E-state index contributed by atoms with van der Waals surface area (Å²) in [6, 6.07) is -0.378. The fraction of sp³-hybridized carbons (Fsp3) is 0.429. The smallest absolute Gasteiger partial charge is 0.231 e. The topological polar surface area (TPSA) is 65.4 Å². The van der Waals surface area contributed by atoms with Crippen molar-refractivity contribution in [3.8, 4) is 0 Å². The molecule has 0 amide bonds. The van der Waals surface area contributed by atoms with Crippen molar-refractivity contribution in [3.63, 3.8) is 0 Å². The van der Waals surface area contributed by atoms with Crippen molar-refractivity contribution in [1.29, 1.82) is 0 Å². The third-order valence-electron chi connectivity index (χ3n) is 4.23. The molecule has 1 atom stereocenters. The van der Waals surface area contributed by atoms with Crippen LogP contribution < -0.4 is 5.73 Å². The summed E-state index contributed by atoms with van der Waals surface area (Å²) in [7, 11) is 1.58. The zero-order valence-corrected chi connectivity index (χ0v) is 11.9. The van der Waals surface area contributed by atoms with Crippen LogP contribution in [0.15, 0.2) is 5.10 Å². The first kappa shape index (κ1) is 12.2. The lowest BCUT2D eigenvalue weighted by molar-refractivity contribution is 0.385. The SMILES string of the molecule is COC1=Nn2c(nc3c(C)c(C)c(C)c(C)c32)C1N. The number of aromatic nitrogens is 2. The van der Waals surface area contributed by atoms with Crippen molar-refractivity contribution in [2.45, 2.75) is 33.7 Å². The molecule has 0 radical (unpaired) electrons. The minimum absolute atomic E-state index is 0.378. The van der Waals surface area contributed by atoms with E-state index in [1.807, 2.05) is 4.68 Å². The van der Waals surface area contributed by atoms with Gasteiger partial charge in [0.15, 0.2) is 5.82 Å². The van der Waals surface area contributed by atoms with Crippen molar-refractivity contribution in [3.05, 3.63) is 28.1 Å². The second kappa shape index (κ2) is 3.81. The third kappa shape index (κ3) is 1.39. The van der Waals surface area contributed by atoms with Crippen LogP contribution in [-0.4, -0.2) is 22.7 Å². The lowest BCUT2D eigenvalue weighted by atomic mass is 9.97. The molecule has 1 aromatic carbocycles. The van der Waals surface area contributed by atoms with Crippen molar-refractivity contribution in [2.24, 2.45) is 10.8 Å². The summed E-state index contributed by atoms with van der Waals surface area (Å²) in [6.45, 7) is 8.46. The molecule has 5 heteroatoms. The van der Waals surface area contributed by atoms with Crippen LogP contribution in [-0.2, 0) is 4.74 Å². The number of rotatable bonds is 0. The first-order valence-electron chi connectivity index (χ1n) is 6.34. The van der Waals surface area contributed by atoms with E-state index >= 15 is 0 Å².